The average Bonchev–Trinajstić information content (AvgIpc) is 2.45. The van der Waals surface area contributed by atoms with Gasteiger partial charge in [-0.05, 0) is 37.6 Å². The first kappa shape index (κ1) is 17.9. The number of unbranched alkanes of at least 4 members (excludes halogenated alkanes) is 5. The van der Waals surface area contributed by atoms with Crippen LogP contribution in [-0.2, 0) is 0 Å². The molecule has 0 saturated heterocycles. The van der Waals surface area contributed by atoms with Crippen LogP contribution in [-0.4, -0.2) is 13.2 Å². The molecule has 0 heterocycles. The third kappa shape index (κ3) is 8.00. The Hall–Kier alpha value is -1.16. The minimum atomic E-state index is -2.77. The van der Waals surface area contributed by atoms with Gasteiger partial charge in [0.05, 0.1) is 0 Å². The molecule has 21 heavy (non-hydrogen) atoms. The van der Waals surface area contributed by atoms with Gasteiger partial charge >= 0.3 is 6.61 Å². The topological polar surface area (TPSA) is 21.3 Å². The highest BCUT2D eigenvalue weighted by atomic mass is 19.3. The molecule has 0 saturated carbocycles. The summed E-state index contributed by atoms with van der Waals surface area (Å²) in [5, 5.41) is 3.43. The second-order valence-corrected chi connectivity index (χ2v) is 5.39. The predicted molar refractivity (Wildman–Crippen MR) is 82.9 cm³/mol. The van der Waals surface area contributed by atoms with Crippen molar-refractivity contribution in [2.24, 2.45) is 0 Å². The van der Waals surface area contributed by atoms with Gasteiger partial charge in [0.2, 0.25) is 0 Å². The zero-order valence-electron chi connectivity index (χ0n) is 13.1. The number of benzene rings is 1. The smallest absolute Gasteiger partial charge is 0.387 e. The Morgan fingerprint density at radius 2 is 1.81 bits per heavy atom. The fourth-order valence-corrected chi connectivity index (χ4v) is 2.30. The molecule has 1 unspecified atom stereocenters. The van der Waals surface area contributed by atoms with Crippen molar-refractivity contribution < 1.29 is 13.5 Å². The van der Waals surface area contributed by atoms with Crippen LogP contribution in [0.4, 0.5) is 8.78 Å². The van der Waals surface area contributed by atoms with Gasteiger partial charge in [0.1, 0.15) is 5.75 Å². The summed E-state index contributed by atoms with van der Waals surface area (Å²) in [6, 6.07) is 7.04. The van der Waals surface area contributed by atoms with Crippen LogP contribution >= 0.6 is 0 Å². The van der Waals surface area contributed by atoms with Gasteiger partial charge in [-0.2, -0.15) is 8.78 Å². The second kappa shape index (κ2) is 10.6. The van der Waals surface area contributed by atoms with Crippen molar-refractivity contribution in [3.05, 3.63) is 29.8 Å². The molecule has 1 aromatic carbocycles. The van der Waals surface area contributed by atoms with E-state index in [2.05, 4.69) is 17.0 Å². The molecule has 2 nitrogen and oxygen atoms in total. The zero-order chi connectivity index (χ0) is 15.5. The molecule has 0 radical (unpaired) electrons. The van der Waals surface area contributed by atoms with Crippen molar-refractivity contribution in [2.75, 3.05) is 6.54 Å². The van der Waals surface area contributed by atoms with Gasteiger partial charge in [0.15, 0.2) is 0 Å². The fraction of sp³-hybridized carbons (Fsp3) is 0.647. The zero-order valence-corrected chi connectivity index (χ0v) is 13.1. The van der Waals surface area contributed by atoms with Crippen LogP contribution < -0.4 is 10.1 Å². The summed E-state index contributed by atoms with van der Waals surface area (Å²) in [4.78, 5) is 0. The fourth-order valence-electron chi connectivity index (χ4n) is 2.30. The van der Waals surface area contributed by atoms with Crippen molar-refractivity contribution in [3.8, 4) is 5.75 Å². The molecule has 0 spiro atoms. The van der Waals surface area contributed by atoms with Gasteiger partial charge < -0.3 is 10.1 Å². The molecule has 0 fully saturated rings. The molecule has 4 heteroatoms. The van der Waals surface area contributed by atoms with E-state index < -0.39 is 6.61 Å². The average molecular weight is 299 g/mol. The van der Waals surface area contributed by atoms with Crippen LogP contribution in [0.5, 0.6) is 5.75 Å². The summed E-state index contributed by atoms with van der Waals surface area (Å²) in [5.74, 6) is 0.218. The van der Waals surface area contributed by atoms with Crippen molar-refractivity contribution in [3.63, 3.8) is 0 Å². The lowest BCUT2D eigenvalue weighted by atomic mass is 10.1. The third-order valence-corrected chi connectivity index (χ3v) is 3.56. The maximum atomic E-state index is 12.2. The molecule has 0 amide bonds. The van der Waals surface area contributed by atoms with Gasteiger partial charge in [0, 0.05) is 6.04 Å². The van der Waals surface area contributed by atoms with E-state index in [0.717, 1.165) is 18.5 Å². The molecule has 0 aliphatic heterocycles. The van der Waals surface area contributed by atoms with Crippen LogP contribution in [0.25, 0.3) is 0 Å². The normalized spacial score (nSPS) is 12.6. The van der Waals surface area contributed by atoms with Crippen molar-refractivity contribution in [1.82, 2.24) is 5.32 Å². The Bertz CT molecular complexity index is 385. The van der Waals surface area contributed by atoms with Gasteiger partial charge in [-0.15, -0.1) is 0 Å². The first-order valence-corrected chi connectivity index (χ1v) is 7.91. The highest BCUT2D eigenvalue weighted by molar-refractivity contribution is 5.30. The minimum Gasteiger partial charge on any atom is -0.435 e. The molecule has 120 valence electrons. The van der Waals surface area contributed by atoms with E-state index >= 15 is 0 Å². The lowest BCUT2D eigenvalue weighted by Crippen LogP contribution is -2.19. The molecule has 1 N–H and O–H groups in total. The summed E-state index contributed by atoms with van der Waals surface area (Å²) in [6.07, 6.45) is 7.60. The summed E-state index contributed by atoms with van der Waals surface area (Å²) in [5.41, 5.74) is 0.971. The summed E-state index contributed by atoms with van der Waals surface area (Å²) in [7, 11) is 0. The van der Waals surface area contributed by atoms with Crippen LogP contribution in [0.1, 0.15) is 64.0 Å². The van der Waals surface area contributed by atoms with Crippen LogP contribution in [0, 0.1) is 0 Å². The first-order chi connectivity index (χ1) is 10.1. The number of nitrogens with one attached hydrogen (secondary N) is 1. The molecular weight excluding hydrogens is 272 g/mol. The van der Waals surface area contributed by atoms with Gasteiger partial charge in [-0.1, -0.05) is 51.2 Å². The number of hydrogen-bond donors (Lipinski definition) is 1. The molecule has 0 aromatic heterocycles. The van der Waals surface area contributed by atoms with E-state index in [1.54, 1.807) is 18.2 Å². The van der Waals surface area contributed by atoms with Crippen LogP contribution in [0.2, 0.25) is 0 Å². The van der Waals surface area contributed by atoms with Crippen molar-refractivity contribution in [1.29, 1.82) is 0 Å². The number of rotatable bonds is 11. The van der Waals surface area contributed by atoms with E-state index in [0.29, 0.717) is 0 Å². The Morgan fingerprint density at radius 1 is 1.10 bits per heavy atom. The number of hydrogen-bond acceptors (Lipinski definition) is 2. The molecule has 1 aromatic rings. The predicted octanol–water partition coefficient (Wildman–Crippen LogP) is 5.30. The van der Waals surface area contributed by atoms with E-state index in [9.17, 15) is 8.78 Å². The standard InChI is InChI=1S/C17H27F2NO/c1-3-4-5-6-7-8-12-20-14(2)15-10-9-11-16(13-15)21-17(18)19/h9-11,13-14,17,20H,3-8,12H2,1-2H3. The molecule has 0 aliphatic carbocycles. The summed E-state index contributed by atoms with van der Waals surface area (Å²) >= 11 is 0. The van der Waals surface area contributed by atoms with Crippen LogP contribution in [0.3, 0.4) is 0 Å². The minimum absolute atomic E-state index is 0.141. The molecule has 0 aliphatic rings. The molecule has 0 bridgehead atoms. The van der Waals surface area contributed by atoms with Gasteiger partial charge in [-0.25, -0.2) is 0 Å². The Labute approximate surface area is 126 Å². The largest absolute Gasteiger partial charge is 0.435 e. The quantitative estimate of drug-likeness (QED) is 0.560. The third-order valence-electron chi connectivity index (χ3n) is 3.56. The van der Waals surface area contributed by atoms with E-state index in [-0.39, 0.29) is 11.8 Å². The summed E-state index contributed by atoms with van der Waals surface area (Å²) in [6.45, 7) is 2.44. The van der Waals surface area contributed by atoms with Gasteiger partial charge in [0.25, 0.3) is 0 Å². The number of halogens is 2. The Balaban J connectivity index is 2.26. The van der Waals surface area contributed by atoms with E-state index in [1.165, 1.54) is 32.1 Å². The monoisotopic (exact) mass is 299 g/mol. The van der Waals surface area contributed by atoms with Crippen LogP contribution in [0.15, 0.2) is 24.3 Å². The molecule has 1 atom stereocenters. The highest BCUT2D eigenvalue weighted by Crippen LogP contribution is 2.20. The number of ether oxygens (including phenoxy) is 1. The SMILES string of the molecule is CCCCCCCCNC(C)c1cccc(OC(F)F)c1. The second-order valence-electron chi connectivity index (χ2n) is 5.39. The molecule has 1 rings (SSSR count). The summed E-state index contributed by atoms with van der Waals surface area (Å²) < 4.78 is 28.8. The Morgan fingerprint density at radius 3 is 2.52 bits per heavy atom. The Kier molecular flexibility index (Phi) is 8.99. The van der Waals surface area contributed by atoms with Crippen molar-refractivity contribution in [2.45, 2.75) is 65.0 Å². The lowest BCUT2D eigenvalue weighted by Gasteiger charge is -2.15. The maximum Gasteiger partial charge on any atom is 0.387 e. The molecular formula is C17H27F2NO. The highest BCUT2D eigenvalue weighted by Gasteiger charge is 2.08. The van der Waals surface area contributed by atoms with E-state index in [1.807, 2.05) is 13.0 Å². The first-order valence-electron chi connectivity index (χ1n) is 7.91. The van der Waals surface area contributed by atoms with Crippen molar-refractivity contribution >= 4 is 0 Å². The van der Waals surface area contributed by atoms with E-state index in [4.69, 9.17) is 0 Å². The maximum absolute atomic E-state index is 12.2. The number of alkyl halides is 2. The lowest BCUT2D eigenvalue weighted by molar-refractivity contribution is -0.0499. The van der Waals surface area contributed by atoms with Gasteiger partial charge in [-0.3, -0.25) is 0 Å².